The van der Waals surface area contributed by atoms with Crippen molar-refractivity contribution in [1.29, 1.82) is 0 Å². The Bertz CT molecular complexity index is 210. The van der Waals surface area contributed by atoms with E-state index in [1.54, 1.807) is 0 Å². The number of hydrogen-bond acceptors (Lipinski definition) is 3. The monoisotopic (exact) mass is 212 g/mol. The first kappa shape index (κ1) is 11.4. The second-order valence-corrected chi connectivity index (χ2v) is 5.10. The molecule has 0 aromatic carbocycles. The minimum atomic E-state index is 0.314. The lowest BCUT2D eigenvalue weighted by Crippen LogP contribution is -2.72. The number of hydrogen-bond donors (Lipinski definition) is 2. The van der Waals surface area contributed by atoms with Crippen molar-refractivity contribution in [2.24, 2.45) is 11.7 Å². The molecule has 0 aromatic heterocycles. The average Bonchev–Trinajstić information content (AvgIpc) is 2.26. The summed E-state index contributed by atoms with van der Waals surface area (Å²) < 4.78 is 5.80. The molecule has 0 amide bonds. The summed E-state index contributed by atoms with van der Waals surface area (Å²) in [5, 5.41) is 3.62. The van der Waals surface area contributed by atoms with Gasteiger partial charge in [-0.1, -0.05) is 13.3 Å². The molecule has 5 unspecified atom stereocenters. The van der Waals surface area contributed by atoms with E-state index in [-0.39, 0.29) is 0 Å². The van der Waals surface area contributed by atoms with Crippen LogP contribution in [0.4, 0.5) is 0 Å². The molecule has 1 saturated carbocycles. The minimum Gasteiger partial charge on any atom is -0.376 e. The molecule has 1 aliphatic carbocycles. The quantitative estimate of drug-likeness (QED) is 0.738. The Morgan fingerprint density at radius 1 is 1.53 bits per heavy atom. The number of ether oxygens (including phenoxy) is 1. The van der Waals surface area contributed by atoms with Gasteiger partial charge in [-0.05, 0) is 26.2 Å². The Morgan fingerprint density at radius 3 is 3.07 bits per heavy atom. The van der Waals surface area contributed by atoms with Crippen molar-refractivity contribution >= 4 is 0 Å². The lowest BCUT2D eigenvalue weighted by Gasteiger charge is -2.53. The maximum absolute atomic E-state index is 6.18. The van der Waals surface area contributed by atoms with Crippen LogP contribution in [0.15, 0.2) is 0 Å². The van der Waals surface area contributed by atoms with Crippen LogP contribution in [-0.2, 0) is 4.74 Å². The summed E-state index contributed by atoms with van der Waals surface area (Å²) >= 11 is 0. The van der Waals surface area contributed by atoms with Crippen molar-refractivity contribution < 1.29 is 4.74 Å². The summed E-state index contributed by atoms with van der Waals surface area (Å²) in [4.78, 5) is 0. The van der Waals surface area contributed by atoms with E-state index in [0.717, 1.165) is 6.61 Å². The Morgan fingerprint density at radius 2 is 2.33 bits per heavy atom. The molecular formula is C12H24N2O. The van der Waals surface area contributed by atoms with Gasteiger partial charge in [0.15, 0.2) is 0 Å². The van der Waals surface area contributed by atoms with Crippen LogP contribution in [0.25, 0.3) is 0 Å². The Hall–Kier alpha value is -0.120. The molecule has 5 atom stereocenters. The lowest BCUT2D eigenvalue weighted by atomic mass is 9.68. The van der Waals surface area contributed by atoms with E-state index in [1.165, 1.54) is 25.7 Å². The first-order valence-electron chi connectivity index (χ1n) is 6.37. The van der Waals surface area contributed by atoms with Gasteiger partial charge in [0.1, 0.15) is 0 Å². The van der Waals surface area contributed by atoms with Gasteiger partial charge < -0.3 is 15.8 Å². The maximum Gasteiger partial charge on any atom is 0.0786 e. The van der Waals surface area contributed by atoms with Gasteiger partial charge in [-0.2, -0.15) is 0 Å². The fraction of sp³-hybridized carbons (Fsp3) is 1.00. The van der Waals surface area contributed by atoms with E-state index in [1.807, 2.05) is 0 Å². The van der Waals surface area contributed by atoms with Crippen LogP contribution in [0.1, 0.15) is 39.5 Å². The van der Waals surface area contributed by atoms with Crippen molar-refractivity contribution in [3.05, 3.63) is 0 Å². The Kier molecular flexibility index (Phi) is 3.65. The first-order valence-corrected chi connectivity index (χ1v) is 6.37. The molecule has 0 spiro atoms. The van der Waals surface area contributed by atoms with Gasteiger partial charge >= 0.3 is 0 Å². The molecule has 1 aliphatic heterocycles. The second-order valence-electron chi connectivity index (χ2n) is 5.10. The highest BCUT2D eigenvalue weighted by Gasteiger charge is 2.50. The summed E-state index contributed by atoms with van der Waals surface area (Å²) in [7, 11) is 0. The fourth-order valence-electron chi connectivity index (χ4n) is 3.00. The molecule has 3 heteroatoms. The molecule has 15 heavy (non-hydrogen) atoms. The van der Waals surface area contributed by atoms with Crippen LogP contribution in [0.3, 0.4) is 0 Å². The molecule has 0 bridgehead atoms. The van der Waals surface area contributed by atoms with Crippen LogP contribution in [0, 0.1) is 5.92 Å². The zero-order valence-electron chi connectivity index (χ0n) is 9.91. The smallest absolute Gasteiger partial charge is 0.0786 e. The average molecular weight is 212 g/mol. The van der Waals surface area contributed by atoms with E-state index in [9.17, 15) is 0 Å². The number of rotatable bonds is 4. The Labute approximate surface area is 92.7 Å². The number of fused-ring (bicyclic) bond motifs is 1. The molecule has 2 rings (SSSR count). The molecular weight excluding hydrogens is 188 g/mol. The van der Waals surface area contributed by atoms with Crippen LogP contribution >= 0.6 is 0 Å². The van der Waals surface area contributed by atoms with Gasteiger partial charge in [-0.25, -0.2) is 0 Å². The van der Waals surface area contributed by atoms with E-state index in [0.29, 0.717) is 30.1 Å². The highest BCUT2D eigenvalue weighted by molar-refractivity contribution is 5.07. The normalized spacial score (nSPS) is 41.8. The zero-order valence-corrected chi connectivity index (χ0v) is 9.91. The summed E-state index contributed by atoms with van der Waals surface area (Å²) in [6, 6.07) is 1.28. The molecule has 2 aliphatic rings. The molecule has 1 heterocycles. The summed E-state index contributed by atoms with van der Waals surface area (Å²) in [6.07, 6.45) is 5.29. The Balaban J connectivity index is 1.82. The van der Waals surface area contributed by atoms with E-state index < -0.39 is 0 Å². The third-order valence-electron chi connectivity index (χ3n) is 3.88. The third-order valence-corrected chi connectivity index (χ3v) is 3.88. The van der Waals surface area contributed by atoms with Crippen molar-refractivity contribution in [2.75, 3.05) is 6.61 Å². The number of nitrogens with two attached hydrogens (primary N) is 1. The molecule has 0 radical (unpaired) electrons. The highest BCUT2D eigenvalue weighted by atomic mass is 16.5. The standard InChI is InChI=1S/C12H24N2O/c1-3-5-8(2)14-11-10(13)9-6-4-7-15-12(9)11/h8-12,14H,3-7,13H2,1-2H3. The predicted molar refractivity (Wildman–Crippen MR) is 61.7 cm³/mol. The lowest BCUT2D eigenvalue weighted by molar-refractivity contribution is -0.122. The van der Waals surface area contributed by atoms with E-state index in [2.05, 4.69) is 19.2 Å². The summed E-state index contributed by atoms with van der Waals surface area (Å²) in [5.74, 6) is 0.616. The maximum atomic E-state index is 6.18. The largest absolute Gasteiger partial charge is 0.376 e. The second kappa shape index (κ2) is 4.81. The molecule has 2 fully saturated rings. The van der Waals surface area contributed by atoms with Gasteiger partial charge in [0.25, 0.3) is 0 Å². The van der Waals surface area contributed by atoms with Crippen molar-refractivity contribution in [3.63, 3.8) is 0 Å². The third kappa shape index (κ3) is 2.19. The van der Waals surface area contributed by atoms with Gasteiger partial charge in [0.05, 0.1) is 6.10 Å². The summed E-state index contributed by atoms with van der Waals surface area (Å²) in [6.45, 7) is 5.39. The fourth-order valence-corrected chi connectivity index (χ4v) is 3.00. The highest BCUT2D eigenvalue weighted by Crippen LogP contribution is 2.37. The van der Waals surface area contributed by atoms with Crippen molar-refractivity contribution in [2.45, 2.75) is 63.8 Å². The first-order chi connectivity index (χ1) is 7.24. The molecule has 3 nitrogen and oxygen atoms in total. The molecule has 0 aromatic rings. The zero-order chi connectivity index (χ0) is 10.8. The van der Waals surface area contributed by atoms with Gasteiger partial charge in [-0.3, -0.25) is 0 Å². The predicted octanol–water partition coefficient (Wildman–Crippen LogP) is 1.27. The van der Waals surface area contributed by atoms with Crippen LogP contribution < -0.4 is 11.1 Å². The summed E-state index contributed by atoms with van der Waals surface area (Å²) in [5.41, 5.74) is 6.18. The van der Waals surface area contributed by atoms with Crippen LogP contribution in [-0.4, -0.2) is 30.8 Å². The minimum absolute atomic E-state index is 0.314. The van der Waals surface area contributed by atoms with Crippen molar-refractivity contribution in [1.82, 2.24) is 5.32 Å². The van der Waals surface area contributed by atoms with Gasteiger partial charge in [-0.15, -0.1) is 0 Å². The van der Waals surface area contributed by atoms with Crippen LogP contribution in [0.2, 0.25) is 0 Å². The van der Waals surface area contributed by atoms with Gasteiger partial charge in [0.2, 0.25) is 0 Å². The van der Waals surface area contributed by atoms with Crippen LogP contribution in [0.5, 0.6) is 0 Å². The number of nitrogens with one attached hydrogen (secondary N) is 1. The van der Waals surface area contributed by atoms with Crippen molar-refractivity contribution in [3.8, 4) is 0 Å². The molecule has 88 valence electrons. The van der Waals surface area contributed by atoms with E-state index in [4.69, 9.17) is 10.5 Å². The topological polar surface area (TPSA) is 47.3 Å². The SMILES string of the molecule is CCCC(C)NC1C(N)C2CCCOC21. The van der Waals surface area contributed by atoms with E-state index >= 15 is 0 Å². The molecule has 3 N–H and O–H groups in total. The van der Waals surface area contributed by atoms with Gasteiger partial charge in [0, 0.05) is 30.7 Å². The molecule has 1 saturated heterocycles.